The van der Waals surface area contributed by atoms with Gasteiger partial charge in [0.15, 0.2) is 5.69 Å². The Labute approximate surface area is 211 Å². The Hall–Kier alpha value is -2.74. The van der Waals surface area contributed by atoms with Gasteiger partial charge in [-0.15, -0.1) is 0 Å². The molecule has 8 nitrogen and oxygen atoms in total. The van der Waals surface area contributed by atoms with Gasteiger partial charge in [-0.2, -0.15) is 0 Å². The van der Waals surface area contributed by atoms with E-state index in [4.69, 9.17) is 4.84 Å². The number of benzene rings is 1. The van der Waals surface area contributed by atoms with Crippen molar-refractivity contribution in [2.45, 2.75) is 94.8 Å². The Morgan fingerprint density at radius 1 is 0.944 bits per heavy atom. The first-order chi connectivity index (χ1) is 17.5. The summed E-state index contributed by atoms with van der Waals surface area (Å²) in [6.45, 7) is 0. The zero-order chi connectivity index (χ0) is 24.8. The molecule has 3 heterocycles. The minimum absolute atomic E-state index is 0.0151. The first-order valence-electron chi connectivity index (χ1n) is 13.7. The lowest BCUT2D eigenvalue weighted by molar-refractivity contribution is -0.129. The van der Waals surface area contributed by atoms with E-state index in [0.29, 0.717) is 23.6 Å². The van der Waals surface area contributed by atoms with Crippen LogP contribution in [0.3, 0.4) is 0 Å². The predicted octanol–water partition coefficient (Wildman–Crippen LogP) is 4.36. The maximum Gasteiger partial charge on any atom is 0.360 e. The van der Waals surface area contributed by atoms with Gasteiger partial charge in [-0.05, 0) is 68.9 Å². The minimum Gasteiger partial charge on any atom is -0.476 e. The predicted molar refractivity (Wildman–Crippen MR) is 137 cm³/mol. The lowest BCUT2D eigenvalue weighted by Crippen LogP contribution is -2.52. The van der Waals surface area contributed by atoms with Crippen LogP contribution in [-0.4, -0.2) is 56.5 Å². The zero-order valence-corrected chi connectivity index (χ0v) is 21.0. The summed E-state index contributed by atoms with van der Waals surface area (Å²) in [4.78, 5) is 37.7. The van der Waals surface area contributed by atoms with Crippen molar-refractivity contribution in [1.82, 2.24) is 14.5 Å². The third kappa shape index (κ3) is 4.13. The number of aromatic nitrogens is 2. The number of carboxylic acid groups (broad SMARTS) is 1. The number of para-hydroxylation sites is 2. The summed E-state index contributed by atoms with van der Waals surface area (Å²) < 4.78 is 1.81. The molecule has 0 radical (unpaired) electrons. The fourth-order valence-corrected chi connectivity index (χ4v) is 8.05. The van der Waals surface area contributed by atoms with E-state index in [9.17, 15) is 14.7 Å². The van der Waals surface area contributed by atoms with E-state index in [1.54, 1.807) is 0 Å². The Balaban J connectivity index is 1.34. The van der Waals surface area contributed by atoms with Crippen LogP contribution >= 0.6 is 0 Å². The van der Waals surface area contributed by atoms with Crippen LogP contribution in [0.1, 0.15) is 82.4 Å². The fraction of sp³-hybridized carbons (Fsp3) is 0.643. The van der Waals surface area contributed by atoms with Crippen LogP contribution in [-0.2, 0) is 9.63 Å². The lowest BCUT2D eigenvalue weighted by Gasteiger charge is -2.48. The molecular weight excluding hydrogens is 456 g/mol. The average molecular weight is 493 g/mol. The summed E-state index contributed by atoms with van der Waals surface area (Å²) in [5.74, 6) is 0.450. The van der Waals surface area contributed by atoms with Crippen LogP contribution in [0.4, 0.5) is 0 Å². The summed E-state index contributed by atoms with van der Waals surface area (Å²) in [6.07, 6.45) is 13.9. The number of nitrogens with zero attached hydrogens (tertiary/aromatic N) is 4. The highest BCUT2D eigenvalue weighted by molar-refractivity contribution is 6.41. The number of hydrogen-bond acceptors (Lipinski definition) is 6. The number of oxime groups is 1. The van der Waals surface area contributed by atoms with Crippen molar-refractivity contribution in [3.8, 4) is 0 Å². The van der Waals surface area contributed by atoms with Gasteiger partial charge in [0.05, 0.1) is 11.0 Å². The second-order valence-electron chi connectivity index (χ2n) is 11.4. The summed E-state index contributed by atoms with van der Waals surface area (Å²) in [5.41, 5.74) is 0.355. The summed E-state index contributed by atoms with van der Waals surface area (Å²) >= 11 is 0. The second-order valence-corrected chi connectivity index (χ2v) is 11.4. The standard InChI is InChI=1S/C28H36N4O4/c1-36-30-26(28(34)35)25-27(33)32(24-9-5-4-8-23(24)29-25)22-15-19-10-11-20(16-22)31(19)21-13-17-6-2-3-7-18(12-17)14-21/h4-5,8-9,17-22H,2-3,6-7,10-16H2,1H3,(H,34,35)/b30-26-/t17-,18-,19-,20+,22?/m0/s1. The van der Waals surface area contributed by atoms with Crippen molar-refractivity contribution in [3.63, 3.8) is 0 Å². The molecule has 4 aliphatic rings. The SMILES string of the molecule is CO/N=C(\C(=O)O)c1nc2ccccc2n(C2C[C@H]3CC[C@@H](C2)N3C2C[C@H]3CCCC[C@H](C2)C3)c1=O. The van der Waals surface area contributed by atoms with Crippen molar-refractivity contribution in [3.05, 3.63) is 40.3 Å². The third-order valence-electron chi connectivity index (χ3n) is 9.31. The lowest BCUT2D eigenvalue weighted by atomic mass is 9.76. The minimum atomic E-state index is -1.32. The zero-order valence-electron chi connectivity index (χ0n) is 21.0. The quantitative estimate of drug-likeness (QED) is 0.492. The van der Waals surface area contributed by atoms with Gasteiger partial charge in [-0.1, -0.05) is 43.0 Å². The molecule has 2 aliphatic heterocycles. The maximum absolute atomic E-state index is 13.8. The highest BCUT2D eigenvalue weighted by Gasteiger charge is 2.47. The van der Waals surface area contributed by atoms with E-state index in [0.717, 1.165) is 30.2 Å². The van der Waals surface area contributed by atoms with Gasteiger partial charge in [-0.25, -0.2) is 9.78 Å². The van der Waals surface area contributed by atoms with Crippen molar-refractivity contribution in [1.29, 1.82) is 0 Å². The third-order valence-corrected chi connectivity index (χ3v) is 9.31. The van der Waals surface area contributed by atoms with Crippen molar-refractivity contribution >= 4 is 22.7 Å². The molecule has 4 bridgehead atoms. The van der Waals surface area contributed by atoms with Gasteiger partial charge in [0.1, 0.15) is 7.11 Å². The van der Waals surface area contributed by atoms with E-state index in [-0.39, 0.29) is 11.7 Å². The van der Waals surface area contributed by atoms with Gasteiger partial charge >= 0.3 is 5.97 Å². The first-order valence-corrected chi connectivity index (χ1v) is 13.7. The molecular formula is C28H36N4O4. The second kappa shape index (κ2) is 9.61. The number of aliphatic carboxylic acids is 1. The van der Waals surface area contributed by atoms with Crippen LogP contribution in [0.5, 0.6) is 0 Å². The molecule has 1 aromatic carbocycles. The molecule has 2 aromatic rings. The van der Waals surface area contributed by atoms with E-state index in [2.05, 4.69) is 15.0 Å². The summed E-state index contributed by atoms with van der Waals surface area (Å²) in [6, 6.07) is 9.17. The van der Waals surface area contributed by atoms with Crippen molar-refractivity contribution in [2.24, 2.45) is 17.0 Å². The molecule has 5 atom stereocenters. The van der Waals surface area contributed by atoms with Gasteiger partial charge < -0.3 is 14.5 Å². The first kappa shape index (κ1) is 23.6. The fourth-order valence-electron chi connectivity index (χ4n) is 8.05. The molecule has 2 saturated carbocycles. The molecule has 36 heavy (non-hydrogen) atoms. The van der Waals surface area contributed by atoms with Gasteiger partial charge in [0.25, 0.3) is 5.56 Å². The molecule has 1 aromatic heterocycles. The summed E-state index contributed by atoms with van der Waals surface area (Å²) in [7, 11) is 1.28. The monoisotopic (exact) mass is 492 g/mol. The smallest absolute Gasteiger partial charge is 0.360 e. The maximum atomic E-state index is 13.8. The topological polar surface area (TPSA) is 97.0 Å². The Kier molecular flexibility index (Phi) is 6.32. The number of hydrogen-bond donors (Lipinski definition) is 1. The molecule has 1 unspecified atom stereocenters. The van der Waals surface area contributed by atoms with E-state index in [1.165, 1.54) is 64.9 Å². The van der Waals surface area contributed by atoms with E-state index >= 15 is 0 Å². The van der Waals surface area contributed by atoms with E-state index in [1.807, 2.05) is 28.8 Å². The highest BCUT2D eigenvalue weighted by atomic mass is 16.6. The van der Waals surface area contributed by atoms with Gasteiger partial charge in [0, 0.05) is 24.2 Å². The molecule has 192 valence electrons. The van der Waals surface area contributed by atoms with Gasteiger partial charge in [-0.3, -0.25) is 9.69 Å². The molecule has 0 amide bonds. The normalized spacial score (nSPS) is 32.9. The van der Waals surface area contributed by atoms with Crippen LogP contribution in [0.2, 0.25) is 0 Å². The molecule has 0 spiro atoms. The van der Waals surface area contributed by atoms with Crippen molar-refractivity contribution in [2.75, 3.05) is 7.11 Å². The molecule has 2 aliphatic carbocycles. The number of piperidine rings is 1. The molecule has 2 saturated heterocycles. The van der Waals surface area contributed by atoms with E-state index < -0.39 is 17.2 Å². The summed E-state index contributed by atoms with van der Waals surface area (Å²) in [5, 5.41) is 13.3. The van der Waals surface area contributed by atoms with Gasteiger partial charge in [0.2, 0.25) is 5.71 Å². The number of carbonyl (C=O) groups is 1. The molecule has 6 rings (SSSR count). The molecule has 4 fully saturated rings. The number of rotatable bonds is 5. The number of fused-ring (bicyclic) bond motifs is 5. The molecule has 8 heteroatoms. The Morgan fingerprint density at radius 2 is 1.61 bits per heavy atom. The van der Waals surface area contributed by atoms with Crippen LogP contribution in [0.15, 0.2) is 34.2 Å². The van der Waals surface area contributed by atoms with Crippen LogP contribution < -0.4 is 5.56 Å². The van der Waals surface area contributed by atoms with Crippen LogP contribution in [0, 0.1) is 11.8 Å². The Bertz CT molecular complexity index is 1210. The number of carboxylic acids is 1. The van der Waals surface area contributed by atoms with Crippen LogP contribution in [0.25, 0.3) is 11.0 Å². The highest BCUT2D eigenvalue weighted by Crippen LogP contribution is 2.47. The molecule has 1 N–H and O–H groups in total. The Morgan fingerprint density at radius 3 is 2.25 bits per heavy atom. The largest absolute Gasteiger partial charge is 0.476 e. The average Bonchev–Trinajstić information content (AvgIpc) is 3.02. The van der Waals surface area contributed by atoms with Crippen molar-refractivity contribution < 1.29 is 14.7 Å².